The predicted octanol–water partition coefficient (Wildman–Crippen LogP) is 2.22. The minimum Gasteiger partial charge on any atom is -0.380 e. The predicted molar refractivity (Wildman–Crippen MR) is 89.2 cm³/mol. The molecule has 1 aliphatic carbocycles. The summed E-state index contributed by atoms with van der Waals surface area (Å²) < 4.78 is 11.9. The van der Waals surface area contributed by atoms with Gasteiger partial charge in [-0.15, -0.1) is 0 Å². The number of likely N-dealkylation sites (N-methyl/N-ethyl adjacent to an activating group) is 1. The van der Waals surface area contributed by atoms with Crippen molar-refractivity contribution in [1.29, 1.82) is 0 Å². The Hall–Kier alpha value is -0.490. The van der Waals surface area contributed by atoms with Gasteiger partial charge in [-0.2, -0.15) is 0 Å². The van der Waals surface area contributed by atoms with Crippen molar-refractivity contribution in [3.8, 4) is 0 Å². The second-order valence-electron chi connectivity index (χ2n) is 8.02. The van der Waals surface area contributed by atoms with Gasteiger partial charge in [0.05, 0.1) is 12.7 Å². The number of aliphatic hydroxyl groups excluding tert-OH is 1. The molecule has 1 saturated heterocycles. The van der Waals surface area contributed by atoms with Crippen LogP contribution in [-0.4, -0.2) is 60.0 Å². The number of carbonyl (C=O) groups is 1. The summed E-state index contributed by atoms with van der Waals surface area (Å²) in [6, 6.07) is 0. The minimum absolute atomic E-state index is 0.0739. The zero-order chi connectivity index (χ0) is 17.3. The largest absolute Gasteiger partial charge is 0.380 e. The fraction of sp³-hybridized carbons (Fsp3) is 0.944. The van der Waals surface area contributed by atoms with Crippen molar-refractivity contribution in [2.75, 3.05) is 26.2 Å². The van der Waals surface area contributed by atoms with Gasteiger partial charge < -0.3 is 19.5 Å². The molecule has 1 aliphatic heterocycles. The summed E-state index contributed by atoms with van der Waals surface area (Å²) in [5.74, 6) is -1.39. The molecular weight excluding hydrogens is 294 g/mol. The van der Waals surface area contributed by atoms with Crippen LogP contribution >= 0.6 is 0 Å². The number of ether oxygens (including phenoxy) is 2. The number of hydrogen-bond donors (Lipinski definition) is 1. The molecule has 0 aromatic rings. The Morgan fingerprint density at radius 1 is 1.35 bits per heavy atom. The number of rotatable bonds is 5. The van der Waals surface area contributed by atoms with Crippen LogP contribution in [0, 0.1) is 11.3 Å². The molecule has 2 fully saturated rings. The highest BCUT2D eigenvalue weighted by Crippen LogP contribution is 2.44. The summed E-state index contributed by atoms with van der Waals surface area (Å²) in [4.78, 5) is 14.9. The van der Waals surface area contributed by atoms with E-state index in [0.717, 1.165) is 26.1 Å². The van der Waals surface area contributed by atoms with Gasteiger partial charge in [0.1, 0.15) is 0 Å². The van der Waals surface area contributed by atoms with Gasteiger partial charge in [0.15, 0.2) is 11.9 Å². The highest BCUT2D eigenvalue weighted by Gasteiger charge is 2.56. The SMILES string of the molecule is CCCN(CC)CC1COC2(CCC(C(C)(C)C)C(=O)C2O)O1. The molecule has 5 nitrogen and oxygen atoms in total. The first-order valence-electron chi connectivity index (χ1n) is 8.99. The first-order chi connectivity index (χ1) is 10.7. The number of ketones is 1. The number of aliphatic hydroxyl groups is 1. The minimum atomic E-state index is -1.17. The van der Waals surface area contributed by atoms with Crippen molar-refractivity contribution >= 4 is 5.78 Å². The molecule has 1 heterocycles. The Bertz CT molecular complexity index is 420. The van der Waals surface area contributed by atoms with Gasteiger partial charge in [0.2, 0.25) is 5.79 Å². The van der Waals surface area contributed by atoms with Gasteiger partial charge in [0, 0.05) is 18.9 Å². The lowest BCUT2D eigenvalue weighted by atomic mass is 9.69. The zero-order valence-electron chi connectivity index (χ0n) is 15.3. The monoisotopic (exact) mass is 327 g/mol. The van der Waals surface area contributed by atoms with Crippen LogP contribution in [0.2, 0.25) is 0 Å². The third kappa shape index (κ3) is 3.95. The Morgan fingerprint density at radius 2 is 2.04 bits per heavy atom. The van der Waals surface area contributed by atoms with E-state index in [4.69, 9.17) is 9.47 Å². The van der Waals surface area contributed by atoms with Crippen molar-refractivity contribution in [1.82, 2.24) is 4.90 Å². The molecule has 0 aromatic heterocycles. The van der Waals surface area contributed by atoms with Crippen LogP contribution in [0.1, 0.15) is 53.9 Å². The van der Waals surface area contributed by atoms with Gasteiger partial charge in [-0.3, -0.25) is 4.79 Å². The third-order valence-corrected chi connectivity index (χ3v) is 5.18. The van der Waals surface area contributed by atoms with E-state index in [1.165, 1.54) is 0 Å². The molecule has 0 aromatic carbocycles. The maximum atomic E-state index is 12.6. The summed E-state index contributed by atoms with van der Waals surface area (Å²) in [6.07, 6.45) is 1.14. The third-order valence-electron chi connectivity index (χ3n) is 5.18. The highest BCUT2D eigenvalue weighted by molar-refractivity contribution is 5.87. The van der Waals surface area contributed by atoms with E-state index in [0.29, 0.717) is 19.4 Å². The number of nitrogens with zero attached hydrogens (tertiary/aromatic N) is 1. The normalized spacial score (nSPS) is 35.4. The summed E-state index contributed by atoms with van der Waals surface area (Å²) >= 11 is 0. The molecule has 1 spiro atoms. The Morgan fingerprint density at radius 3 is 2.61 bits per heavy atom. The molecule has 4 atom stereocenters. The van der Waals surface area contributed by atoms with E-state index in [9.17, 15) is 9.90 Å². The molecule has 2 rings (SSSR count). The van der Waals surface area contributed by atoms with Crippen molar-refractivity contribution in [3.05, 3.63) is 0 Å². The lowest BCUT2D eigenvalue weighted by Gasteiger charge is -2.42. The molecule has 4 unspecified atom stereocenters. The van der Waals surface area contributed by atoms with Crippen molar-refractivity contribution < 1.29 is 19.4 Å². The maximum absolute atomic E-state index is 12.6. The molecule has 23 heavy (non-hydrogen) atoms. The molecule has 1 saturated carbocycles. The average Bonchev–Trinajstić information content (AvgIpc) is 2.87. The van der Waals surface area contributed by atoms with Crippen LogP contribution in [0.3, 0.4) is 0 Å². The van der Waals surface area contributed by atoms with Crippen molar-refractivity contribution in [2.24, 2.45) is 11.3 Å². The number of hydrogen-bond acceptors (Lipinski definition) is 5. The van der Waals surface area contributed by atoms with Gasteiger partial charge >= 0.3 is 0 Å². The average molecular weight is 327 g/mol. The maximum Gasteiger partial charge on any atom is 0.202 e. The van der Waals surface area contributed by atoms with E-state index in [-0.39, 0.29) is 23.2 Å². The van der Waals surface area contributed by atoms with Crippen LogP contribution < -0.4 is 0 Å². The molecule has 0 amide bonds. The van der Waals surface area contributed by atoms with Crippen LogP contribution in [0.4, 0.5) is 0 Å². The molecule has 1 N–H and O–H groups in total. The fourth-order valence-corrected chi connectivity index (χ4v) is 3.82. The second-order valence-corrected chi connectivity index (χ2v) is 8.02. The Balaban J connectivity index is 2.01. The lowest BCUT2D eigenvalue weighted by Crippen LogP contribution is -2.56. The molecule has 2 aliphatic rings. The van der Waals surface area contributed by atoms with Gasteiger partial charge in [-0.25, -0.2) is 0 Å². The van der Waals surface area contributed by atoms with E-state index in [1.807, 2.05) is 20.8 Å². The topological polar surface area (TPSA) is 59.0 Å². The van der Waals surface area contributed by atoms with Crippen LogP contribution in [-0.2, 0) is 14.3 Å². The summed E-state index contributed by atoms with van der Waals surface area (Å²) in [6.45, 7) is 13.7. The quantitative estimate of drug-likeness (QED) is 0.839. The Labute approximate surface area is 140 Å². The van der Waals surface area contributed by atoms with E-state index in [1.54, 1.807) is 0 Å². The van der Waals surface area contributed by atoms with Gasteiger partial charge in [0.25, 0.3) is 0 Å². The van der Waals surface area contributed by atoms with Crippen LogP contribution in [0.15, 0.2) is 0 Å². The first kappa shape index (κ1) is 18.8. The summed E-state index contributed by atoms with van der Waals surface area (Å²) in [5.41, 5.74) is -0.141. The van der Waals surface area contributed by atoms with Gasteiger partial charge in [-0.1, -0.05) is 34.6 Å². The van der Waals surface area contributed by atoms with E-state index >= 15 is 0 Å². The van der Waals surface area contributed by atoms with Crippen molar-refractivity contribution in [2.45, 2.75) is 71.9 Å². The smallest absolute Gasteiger partial charge is 0.202 e. The Kier molecular flexibility index (Phi) is 5.88. The number of Topliss-reactive ketones (excluding diaryl/α,β-unsaturated/α-hetero) is 1. The second kappa shape index (κ2) is 7.18. The molecule has 5 heteroatoms. The standard InChI is InChI=1S/C18H33NO4/c1-6-10-19(7-2)11-13-12-22-18(23-13)9-8-14(17(3,4)5)15(20)16(18)21/h13-14,16,21H,6-12H2,1-5H3. The van der Waals surface area contributed by atoms with E-state index in [2.05, 4.69) is 18.7 Å². The molecular formula is C18H33NO4. The zero-order valence-corrected chi connectivity index (χ0v) is 15.3. The van der Waals surface area contributed by atoms with Gasteiger partial charge in [-0.05, 0) is 31.3 Å². The molecule has 0 radical (unpaired) electrons. The molecule has 134 valence electrons. The molecule has 0 bridgehead atoms. The number of carbonyl (C=O) groups excluding carboxylic acids is 1. The summed E-state index contributed by atoms with van der Waals surface area (Å²) in [7, 11) is 0. The lowest BCUT2D eigenvalue weighted by molar-refractivity contribution is -0.243. The van der Waals surface area contributed by atoms with Crippen LogP contribution in [0.25, 0.3) is 0 Å². The highest BCUT2D eigenvalue weighted by atomic mass is 16.8. The van der Waals surface area contributed by atoms with Crippen LogP contribution in [0.5, 0.6) is 0 Å². The summed E-state index contributed by atoms with van der Waals surface area (Å²) in [5, 5.41) is 10.6. The first-order valence-corrected chi connectivity index (χ1v) is 8.99. The fourth-order valence-electron chi connectivity index (χ4n) is 3.82. The van der Waals surface area contributed by atoms with Crippen molar-refractivity contribution in [3.63, 3.8) is 0 Å². The van der Waals surface area contributed by atoms with E-state index < -0.39 is 11.9 Å².